The van der Waals surface area contributed by atoms with Crippen molar-refractivity contribution in [2.24, 2.45) is 0 Å². The van der Waals surface area contributed by atoms with Gasteiger partial charge in [-0.25, -0.2) is 4.79 Å². The second-order valence-corrected chi connectivity index (χ2v) is 5.19. The lowest BCUT2D eigenvalue weighted by Crippen LogP contribution is -2.34. The van der Waals surface area contributed by atoms with Crippen LogP contribution < -0.4 is 11.2 Å². The number of likely N-dealkylation sites (tertiary alicyclic amines) is 1. The maximum atomic E-state index is 11.6. The van der Waals surface area contributed by atoms with E-state index in [1.165, 1.54) is 6.20 Å². The number of ether oxygens (including phenoxy) is 1. The molecule has 2 saturated heterocycles. The third-order valence-corrected chi connectivity index (χ3v) is 3.87. The molecule has 0 bridgehead atoms. The Balaban J connectivity index is 1.71. The highest BCUT2D eigenvalue weighted by molar-refractivity contribution is 5.05. The summed E-state index contributed by atoms with van der Waals surface area (Å²) in [4.78, 5) is 29.5. The monoisotopic (exact) mass is 251 g/mol. The average molecular weight is 251 g/mol. The number of hydrogen-bond donors (Lipinski definition) is 2. The van der Waals surface area contributed by atoms with Crippen molar-refractivity contribution in [3.63, 3.8) is 0 Å². The summed E-state index contributed by atoms with van der Waals surface area (Å²) in [6, 6.07) is 0. The van der Waals surface area contributed by atoms with Crippen LogP contribution in [-0.4, -0.2) is 40.2 Å². The number of rotatable bonds is 2. The smallest absolute Gasteiger partial charge is 0.325 e. The molecule has 2 aliphatic heterocycles. The summed E-state index contributed by atoms with van der Waals surface area (Å²) < 4.78 is 5.83. The van der Waals surface area contributed by atoms with Gasteiger partial charge in [0, 0.05) is 38.0 Å². The molecule has 0 amide bonds. The minimum Gasteiger partial charge on any atom is -0.374 e. The second kappa shape index (κ2) is 4.37. The van der Waals surface area contributed by atoms with Gasteiger partial charge in [0.1, 0.15) is 0 Å². The first-order chi connectivity index (χ1) is 8.67. The zero-order chi connectivity index (χ0) is 12.6. The molecule has 1 aromatic rings. The lowest BCUT2D eigenvalue weighted by Gasteiger charge is -2.23. The molecular formula is C12H17N3O3. The summed E-state index contributed by atoms with van der Waals surface area (Å²) in [5.41, 5.74) is -0.132. The molecule has 6 nitrogen and oxygen atoms in total. The second-order valence-electron chi connectivity index (χ2n) is 5.19. The molecule has 1 unspecified atom stereocenters. The van der Waals surface area contributed by atoms with E-state index in [9.17, 15) is 9.59 Å². The summed E-state index contributed by atoms with van der Waals surface area (Å²) in [6.45, 7) is 3.24. The van der Waals surface area contributed by atoms with Gasteiger partial charge in [-0.1, -0.05) is 0 Å². The molecule has 3 rings (SSSR count). The molecule has 2 N–H and O–H groups in total. The summed E-state index contributed by atoms with van der Waals surface area (Å²) in [5.74, 6) is 0. The highest BCUT2D eigenvalue weighted by Crippen LogP contribution is 2.35. The van der Waals surface area contributed by atoms with Gasteiger partial charge in [0.2, 0.25) is 0 Å². The highest BCUT2D eigenvalue weighted by atomic mass is 16.5. The molecule has 3 heterocycles. The third-order valence-electron chi connectivity index (χ3n) is 3.87. The molecule has 0 aromatic carbocycles. The zero-order valence-corrected chi connectivity index (χ0v) is 10.2. The molecule has 6 heteroatoms. The van der Waals surface area contributed by atoms with E-state index in [-0.39, 0.29) is 11.2 Å². The van der Waals surface area contributed by atoms with E-state index in [1.807, 2.05) is 0 Å². The Morgan fingerprint density at radius 2 is 2.28 bits per heavy atom. The largest absolute Gasteiger partial charge is 0.374 e. The van der Waals surface area contributed by atoms with Crippen molar-refractivity contribution in [3.8, 4) is 0 Å². The van der Waals surface area contributed by atoms with E-state index < -0.39 is 5.69 Å². The highest BCUT2D eigenvalue weighted by Gasteiger charge is 2.41. The van der Waals surface area contributed by atoms with Crippen LogP contribution in [0.25, 0.3) is 0 Å². The Labute approximate surface area is 104 Å². The minimum absolute atomic E-state index is 0.0228. The van der Waals surface area contributed by atoms with E-state index in [2.05, 4.69) is 14.9 Å². The van der Waals surface area contributed by atoms with Crippen molar-refractivity contribution in [1.29, 1.82) is 0 Å². The summed E-state index contributed by atoms with van der Waals surface area (Å²) in [5, 5.41) is 0. The van der Waals surface area contributed by atoms with Crippen LogP contribution in [0, 0.1) is 0 Å². The van der Waals surface area contributed by atoms with Crippen molar-refractivity contribution in [3.05, 3.63) is 32.6 Å². The van der Waals surface area contributed by atoms with E-state index >= 15 is 0 Å². The van der Waals surface area contributed by atoms with Gasteiger partial charge in [-0.15, -0.1) is 0 Å². The molecule has 0 aliphatic carbocycles. The molecule has 18 heavy (non-hydrogen) atoms. The van der Waals surface area contributed by atoms with Crippen LogP contribution in [-0.2, 0) is 11.3 Å². The first-order valence-electron chi connectivity index (χ1n) is 6.34. The Morgan fingerprint density at radius 1 is 1.39 bits per heavy atom. The summed E-state index contributed by atoms with van der Waals surface area (Å²) in [6.07, 6.45) is 4.79. The zero-order valence-electron chi connectivity index (χ0n) is 10.2. The molecule has 1 atom stereocenters. The summed E-state index contributed by atoms with van der Waals surface area (Å²) in [7, 11) is 0. The van der Waals surface area contributed by atoms with Gasteiger partial charge in [0.25, 0.3) is 5.56 Å². The fraction of sp³-hybridized carbons (Fsp3) is 0.667. The maximum absolute atomic E-state index is 11.6. The number of hydrogen-bond acceptors (Lipinski definition) is 4. The van der Waals surface area contributed by atoms with Gasteiger partial charge in [-0.05, 0) is 19.3 Å². The molecule has 0 saturated carbocycles. The number of nitrogens with one attached hydrogen (secondary N) is 2. The quantitative estimate of drug-likeness (QED) is 0.764. The van der Waals surface area contributed by atoms with Gasteiger partial charge in [-0.3, -0.25) is 14.7 Å². The van der Waals surface area contributed by atoms with Gasteiger partial charge in [0.05, 0.1) is 5.60 Å². The predicted molar refractivity (Wildman–Crippen MR) is 65.5 cm³/mol. The predicted octanol–water partition coefficient (Wildman–Crippen LogP) is -0.182. The maximum Gasteiger partial charge on any atom is 0.325 e. The van der Waals surface area contributed by atoms with Crippen molar-refractivity contribution in [2.75, 3.05) is 19.7 Å². The third kappa shape index (κ3) is 2.13. The van der Waals surface area contributed by atoms with Gasteiger partial charge >= 0.3 is 5.69 Å². The average Bonchev–Trinajstić information content (AvgIpc) is 2.94. The van der Waals surface area contributed by atoms with Crippen LogP contribution in [0.4, 0.5) is 0 Å². The molecule has 2 fully saturated rings. The lowest BCUT2D eigenvalue weighted by molar-refractivity contribution is 0.0121. The topological polar surface area (TPSA) is 78.2 Å². The van der Waals surface area contributed by atoms with Crippen molar-refractivity contribution >= 4 is 0 Å². The van der Waals surface area contributed by atoms with Gasteiger partial charge < -0.3 is 9.72 Å². The fourth-order valence-corrected chi connectivity index (χ4v) is 2.94. The van der Waals surface area contributed by atoms with E-state index in [4.69, 9.17) is 4.74 Å². The van der Waals surface area contributed by atoms with Crippen LogP contribution in [0.2, 0.25) is 0 Å². The Kier molecular flexibility index (Phi) is 2.83. The lowest BCUT2D eigenvalue weighted by atomic mass is 10.00. The van der Waals surface area contributed by atoms with Gasteiger partial charge in [0.15, 0.2) is 0 Å². The number of aromatic nitrogens is 2. The van der Waals surface area contributed by atoms with Crippen molar-refractivity contribution < 1.29 is 4.74 Å². The first kappa shape index (κ1) is 11.7. The van der Waals surface area contributed by atoms with Crippen LogP contribution in [0.1, 0.15) is 24.8 Å². The first-order valence-corrected chi connectivity index (χ1v) is 6.34. The van der Waals surface area contributed by atoms with Gasteiger partial charge in [-0.2, -0.15) is 0 Å². The molecule has 2 aliphatic rings. The Bertz CT molecular complexity index is 542. The molecule has 0 radical (unpaired) electrons. The number of H-pyrrole nitrogens is 2. The Hall–Kier alpha value is -1.40. The SMILES string of the molecule is O=c1[nH]cc(CN2CCC3(CCCO3)C2)c(=O)[nH]1. The molecule has 98 valence electrons. The molecule has 1 aromatic heterocycles. The molecule has 1 spiro atoms. The van der Waals surface area contributed by atoms with Crippen LogP contribution >= 0.6 is 0 Å². The van der Waals surface area contributed by atoms with Crippen LogP contribution in [0.15, 0.2) is 15.8 Å². The van der Waals surface area contributed by atoms with E-state index in [0.29, 0.717) is 12.1 Å². The number of nitrogens with zero attached hydrogens (tertiary/aromatic N) is 1. The standard InChI is InChI=1S/C12H17N3O3/c16-10-9(6-13-11(17)14-10)7-15-4-3-12(8-15)2-1-5-18-12/h6H,1-5,7-8H2,(H2,13,14,16,17). The summed E-state index contributed by atoms with van der Waals surface area (Å²) >= 11 is 0. The Morgan fingerprint density at radius 3 is 3.00 bits per heavy atom. The minimum atomic E-state index is -0.458. The normalized spacial score (nSPS) is 28.2. The number of aromatic amines is 2. The van der Waals surface area contributed by atoms with Crippen LogP contribution in [0.3, 0.4) is 0 Å². The van der Waals surface area contributed by atoms with E-state index in [0.717, 1.165) is 39.0 Å². The molecular weight excluding hydrogens is 234 g/mol. The van der Waals surface area contributed by atoms with Crippen molar-refractivity contribution in [2.45, 2.75) is 31.4 Å². The van der Waals surface area contributed by atoms with Crippen molar-refractivity contribution in [1.82, 2.24) is 14.9 Å². The fourth-order valence-electron chi connectivity index (χ4n) is 2.94. The van der Waals surface area contributed by atoms with E-state index in [1.54, 1.807) is 0 Å². The van der Waals surface area contributed by atoms with Crippen LogP contribution in [0.5, 0.6) is 0 Å².